The van der Waals surface area contributed by atoms with Gasteiger partial charge in [0, 0.05) is 6.42 Å². The van der Waals surface area contributed by atoms with Crippen LogP contribution < -0.4 is 0 Å². The highest BCUT2D eigenvalue weighted by molar-refractivity contribution is 7.86. The first-order valence-corrected chi connectivity index (χ1v) is 13.1. The lowest BCUT2D eigenvalue weighted by Gasteiger charge is -2.44. The fourth-order valence-corrected chi connectivity index (χ4v) is 4.97. The molecule has 1 rings (SSSR count). The standard InChI is InChI=1S/C19H32O5SSi/c1-16-9-11-17(12-10-16)25(21,22)23-15-19(5,13-8-14-20)24-26(6,7)18(2,3)4/h9-12,14H,8,13,15H2,1-7H3/t19-/m1/s1. The predicted molar refractivity (Wildman–Crippen MR) is 106 cm³/mol. The van der Waals surface area contributed by atoms with Crippen LogP contribution in [-0.4, -0.2) is 35.2 Å². The summed E-state index contributed by atoms with van der Waals surface area (Å²) in [6, 6.07) is 6.52. The molecule has 7 heteroatoms. The van der Waals surface area contributed by atoms with Crippen molar-refractivity contribution in [2.45, 2.75) is 76.1 Å². The molecule has 0 spiro atoms. The summed E-state index contributed by atoms with van der Waals surface area (Å²) in [4.78, 5) is 11.0. The molecular formula is C19H32O5SSi. The van der Waals surface area contributed by atoms with Crippen molar-refractivity contribution in [3.05, 3.63) is 29.8 Å². The molecule has 26 heavy (non-hydrogen) atoms. The Morgan fingerprint density at radius 2 is 1.62 bits per heavy atom. The Balaban J connectivity index is 2.99. The molecule has 1 aromatic carbocycles. The maximum absolute atomic E-state index is 12.5. The summed E-state index contributed by atoms with van der Waals surface area (Å²) in [5, 5.41) is -0.0364. The minimum atomic E-state index is -3.88. The zero-order valence-corrected chi connectivity index (χ0v) is 18.8. The van der Waals surface area contributed by atoms with Crippen molar-refractivity contribution in [3.63, 3.8) is 0 Å². The molecule has 0 N–H and O–H groups in total. The van der Waals surface area contributed by atoms with Gasteiger partial charge in [-0.25, -0.2) is 0 Å². The molecule has 1 aromatic rings. The van der Waals surface area contributed by atoms with Gasteiger partial charge in [-0.05, 0) is 50.5 Å². The van der Waals surface area contributed by atoms with Crippen LogP contribution in [0, 0.1) is 6.92 Å². The average Bonchev–Trinajstić information content (AvgIpc) is 2.50. The van der Waals surface area contributed by atoms with Gasteiger partial charge in [-0.2, -0.15) is 8.42 Å². The van der Waals surface area contributed by atoms with Crippen molar-refractivity contribution < 1.29 is 21.8 Å². The lowest BCUT2D eigenvalue weighted by Crippen LogP contribution is -2.50. The summed E-state index contributed by atoms with van der Waals surface area (Å²) >= 11 is 0. The summed E-state index contributed by atoms with van der Waals surface area (Å²) < 4.78 is 36.7. The Hall–Kier alpha value is -1.02. The molecule has 0 aromatic heterocycles. The van der Waals surface area contributed by atoms with E-state index in [0.717, 1.165) is 11.8 Å². The molecule has 0 radical (unpaired) electrons. The predicted octanol–water partition coefficient (Wildman–Crippen LogP) is 4.46. The summed E-state index contributed by atoms with van der Waals surface area (Å²) in [7, 11) is -6.04. The molecular weight excluding hydrogens is 368 g/mol. The summed E-state index contributed by atoms with van der Waals surface area (Å²) in [5.41, 5.74) is 0.128. The lowest BCUT2D eigenvalue weighted by molar-refractivity contribution is -0.109. The van der Waals surface area contributed by atoms with E-state index in [1.807, 2.05) is 13.8 Å². The first kappa shape index (κ1) is 23.0. The monoisotopic (exact) mass is 400 g/mol. The second-order valence-electron chi connectivity index (χ2n) is 8.55. The number of benzene rings is 1. The quantitative estimate of drug-likeness (QED) is 0.348. The van der Waals surface area contributed by atoms with Crippen LogP contribution in [0.5, 0.6) is 0 Å². The number of hydrogen-bond donors (Lipinski definition) is 0. The van der Waals surface area contributed by atoms with Gasteiger partial charge >= 0.3 is 0 Å². The third-order valence-corrected chi connectivity index (χ3v) is 10.8. The molecule has 0 aliphatic carbocycles. The van der Waals surface area contributed by atoms with Crippen molar-refractivity contribution >= 4 is 24.7 Å². The van der Waals surface area contributed by atoms with E-state index in [-0.39, 0.29) is 16.5 Å². The fraction of sp³-hybridized carbons (Fsp3) is 0.632. The minimum Gasteiger partial charge on any atom is -0.409 e. The van der Waals surface area contributed by atoms with Crippen LogP contribution in [0.2, 0.25) is 18.1 Å². The molecule has 5 nitrogen and oxygen atoms in total. The Kier molecular flexibility index (Phi) is 7.38. The smallest absolute Gasteiger partial charge is 0.297 e. The molecule has 148 valence electrons. The van der Waals surface area contributed by atoms with Crippen molar-refractivity contribution in [2.75, 3.05) is 6.61 Å². The molecule has 1 atom stereocenters. The van der Waals surface area contributed by atoms with Crippen molar-refractivity contribution in [1.82, 2.24) is 0 Å². The Bertz CT molecular complexity index is 704. The van der Waals surface area contributed by atoms with Gasteiger partial charge in [0.25, 0.3) is 10.1 Å². The molecule has 0 aliphatic heterocycles. The third-order valence-electron chi connectivity index (χ3n) is 4.93. The van der Waals surface area contributed by atoms with E-state index in [2.05, 4.69) is 33.9 Å². The molecule has 0 heterocycles. The van der Waals surface area contributed by atoms with Gasteiger partial charge in [-0.3, -0.25) is 4.18 Å². The maximum Gasteiger partial charge on any atom is 0.297 e. The van der Waals surface area contributed by atoms with Gasteiger partial charge in [-0.15, -0.1) is 0 Å². The van der Waals surface area contributed by atoms with Crippen LogP contribution in [0.3, 0.4) is 0 Å². The lowest BCUT2D eigenvalue weighted by atomic mass is 10.0. The highest BCUT2D eigenvalue weighted by Gasteiger charge is 2.43. The largest absolute Gasteiger partial charge is 0.409 e. The van der Waals surface area contributed by atoms with E-state index in [0.29, 0.717) is 12.8 Å². The molecule has 0 amide bonds. The van der Waals surface area contributed by atoms with Gasteiger partial charge in [0.05, 0.1) is 17.1 Å². The van der Waals surface area contributed by atoms with Crippen LogP contribution in [0.25, 0.3) is 0 Å². The van der Waals surface area contributed by atoms with Gasteiger partial charge < -0.3 is 9.22 Å². The van der Waals surface area contributed by atoms with E-state index in [1.54, 1.807) is 12.1 Å². The molecule has 0 fully saturated rings. The van der Waals surface area contributed by atoms with Crippen molar-refractivity contribution in [2.24, 2.45) is 0 Å². The summed E-state index contributed by atoms with van der Waals surface area (Å²) in [5.74, 6) is 0. The van der Waals surface area contributed by atoms with Gasteiger partial charge in [0.1, 0.15) is 6.29 Å². The number of aldehydes is 1. The first-order valence-electron chi connectivity index (χ1n) is 8.82. The van der Waals surface area contributed by atoms with Crippen LogP contribution in [0.1, 0.15) is 46.1 Å². The number of rotatable bonds is 9. The maximum atomic E-state index is 12.5. The Labute approximate surface area is 159 Å². The van der Waals surface area contributed by atoms with Crippen LogP contribution >= 0.6 is 0 Å². The number of carbonyl (C=O) groups excluding carboxylic acids is 1. The first-order chi connectivity index (χ1) is 11.7. The molecule has 0 saturated carbocycles. The number of hydrogen-bond acceptors (Lipinski definition) is 5. The van der Waals surface area contributed by atoms with E-state index in [1.165, 1.54) is 12.1 Å². The highest BCUT2D eigenvalue weighted by Crippen LogP contribution is 2.40. The van der Waals surface area contributed by atoms with Gasteiger partial charge in [0.15, 0.2) is 8.32 Å². The zero-order chi connectivity index (χ0) is 20.2. The molecule has 0 saturated heterocycles. The molecule has 0 aliphatic rings. The minimum absolute atomic E-state index is 0.0364. The summed E-state index contributed by atoms with van der Waals surface area (Å²) in [6.07, 6.45) is 1.52. The molecule has 0 unspecified atom stereocenters. The Morgan fingerprint density at radius 3 is 2.08 bits per heavy atom. The normalized spacial score (nSPS) is 15.5. The second-order valence-corrected chi connectivity index (χ2v) is 14.9. The number of aryl methyl sites for hydroxylation is 1. The van der Waals surface area contributed by atoms with Gasteiger partial charge in [0.2, 0.25) is 0 Å². The zero-order valence-electron chi connectivity index (χ0n) is 17.0. The van der Waals surface area contributed by atoms with E-state index < -0.39 is 24.0 Å². The van der Waals surface area contributed by atoms with Crippen molar-refractivity contribution in [3.8, 4) is 0 Å². The second kappa shape index (κ2) is 8.33. The number of carbonyl (C=O) groups is 1. The summed E-state index contributed by atoms with van der Waals surface area (Å²) in [6.45, 7) is 14.1. The third kappa shape index (κ3) is 6.30. The van der Waals surface area contributed by atoms with Crippen LogP contribution in [-0.2, 0) is 23.5 Å². The van der Waals surface area contributed by atoms with E-state index in [9.17, 15) is 13.2 Å². The average molecular weight is 401 g/mol. The topological polar surface area (TPSA) is 69.7 Å². The van der Waals surface area contributed by atoms with Crippen LogP contribution in [0.4, 0.5) is 0 Å². The fourth-order valence-electron chi connectivity index (χ4n) is 2.26. The van der Waals surface area contributed by atoms with Crippen LogP contribution in [0.15, 0.2) is 29.2 Å². The molecule has 0 bridgehead atoms. The highest BCUT2D eigenvalue weighted by atomic mass is 32.2. The SMILES string of the molecule is Cc1ccc(S(=O)(=O)OC[C@@](C)(CCC=O)O[Si](C)(C)C(C)(C)C)cc1. The van der Waals surface area contributed by atoms with E-state index in [4.69, 9.17) is 8.61 Å². The Morgan fingerprint density at radius 1 is 1.08 bits per heavy atom. The van der Waals surface area contributed by atoms with Gasteiger partial charge in [-0.1, -0.05) is 38.5 Å². The van der Waals surface area contributed by atoms with E-state index >= 15 is 0 Å². The van der Waals surface area contributed by atoms with Crippen molar-refractivity contribution in [1.29, 1.82) is 0 Å².